The number of halogens is 1. The normalized spacial score (nSPS) is 13.1. The maximum atomic E-state index is 6.05. The van der Waals surface area contributed by atoms with Crippen molar-refractivity contribution in [3.8, 4) is 0 Å². The third-order valence-electron chi connectivity index (χ3n) is 1.75. The lowest BCUT2D eigenvalue weighted by atomic mass is 10.2. The summed E-state index contributed by atoms with van der Waals surface area (Å²) in [5.74, 6) is 0. The van der Waals surface area contributed by atoms with E-state index < -0.39 is 0 Å². The standard InChI is InChI=1S/C9H15ClN2S/c1-2-3-8(10)4-11-5-9-6-12-7-13-9/h6-8,11H,2-5H2,1H3. The molecule has 0 aliphatic heterocycles. The molecule has 1 atom stereocenters. The molecule has 1 aromatic heterocycles. The largest absolute Gasteiger partial charge is 0.310 e. The minimum atomic E-state index is 0.262. The summed E-state index contributed by atoms with van der Waals surface area (Å²) in [7, 11) is 0. The molecule has 0 amide bonds. The monoisotopic (exact) mass is 218 g/mol. The molecule has 0 spiro atoms. The highest BCUT2D eigenvalue weighted by Crippen LogP contribution is 2.06. The summed E-state index contributed by atoms with van der Waals surface area (Å²) in [5.41, 5.74) is 1.85. The second-order valence-electron chi connectivity index (χ2n) is 2.98. The Morgan fingerprint density at radius 1 is 1.69 bits per heavy atom. The average molecular weight is 219 g/mol. The Bertz CT molecular complexity index is 213. The van der Waals surface area contributed by atoms with E-state index in [-0.39, 0.29) is 5.38 Å². The van der Waals surface area contributed by atoms with Crippen molar-refractivity contribution < 1.29 is 0 Å². The molecule has 2 nitrogen and oxygen atoms in total. The number of nitrogens with zero attached hydrogens (tertiary/aromatic N) is 1. The maximum Gasteiger partial charge on any atom is 0.0794 e. The fraction of sp³-hybridized carbons (Fsp3) is 0.667. The summed E-state index contributed by atoms with van der Waals surface area (Å²) in [5, 5.41) is 3.57. The zero-order valence-corrected chi connectivity index (χ0v) is 9.37. The van der Waals surface area contributed by atoms with Crippen LogP contribution in [0.3, 0.4) is 0 Å². The third-order valence-corrected chi connectivity index (χ3v) is 2.90. The van der Waals surface area contributed by atoms with Crippen LogP contribution in [-0.4, -0.2) is 16.9 Å². The first-order chi connectivity index (χ1) is 6.33. The Hall–Kier alpha value is -0.120. The molecule has 1 N–H and O–H groups in total. The van der Waals surface area contributed by atoms with Gasteiger partial charge in [0.25, 0.3) is 0 Å². The third kappa shape index (κ3) is 4.60. The van der Waals surface area contributed by atoms with Crippen molar-refractivity contribution in [3.63, 3.8) is 0 Å². The van der Waals surface area contributed by atoms with Gasteiger partial charge in [-0.1, -0.05) is 13.3 Å². The van der Waals surface area contributed by atoms with Crippen LogP contribution < -0.4 is 5.32 Å². The van der Waals surface area contributed by atoms with E-state index in [1.165, 1.54) is 4.88 Å². The highest BCUT2D eigenvalue weighted by Gasteiger charge is 2.02. The molecule has 0 aliphatic carbocycles. The van der Waals surface area contributed by atoms with Crippen LogP contribution >= 0.6 is 22.9 Å². The van der Waals surface area contributed by atoms with E-state index in [0.29, 0.717) is 0 Å². The molecule has 0 saturated carbocycles. The Labute approximate surface area is 88.3 Å². The highest BCUT2D eigenvalue weighted by atomic mass is 35.5. The minimum Gasteiger partial charge on any atom is -0.310 e. The lowest BCUT2D eigenvalue weighted by Crippen LogP contribution is -2.22. The predicted molar refractivity (Wildman–Crippen MR) is 58.4 cm³/mol. The number of thiazole rings is 1. The molecule has 4 heteroatoms. The van der Waals surface area contributed by atoms with E-state index in [1.54, 1.807) is 11.3 Å². The van der Waals surface area contributed by atoms with Crippen LogP contribution in [0.25, 0.3) is 0 Å². The Morgan fingerprint density at radius 2 is 2.54 bits per heavy atom. The van der Waals surface area contributed by atoms with Crippen LogP contribution in [0.1, 0.15) is 24.6 Å². The summed E-state index contributed by atoms with van der Waals surface area (Å²) in [6.07, 6.45) is 4.12. The van der Waals surface area contributed by atoms with Gasteiger partial charge < -0.3 is 5.32 Å². The van der Waals surface area contributed by atoms with Crippen molar-refractivity contribution in [2.75, 3.05) is 6.54 Å². The van der Waals surface area contributed by atoms with Gasteiger partial charge in [0.05, 0.1) is 5.51 Å². The number of aromatic nitrogens is 1. The Balaban J connectivity index is 2.07. The molecule has 0 aliphatic rings. The second kappa shape index (κ2) is 6.35. The molecule has 0 radical (unpaired) electrons. The number of hydrogen-bond donors (Lipinski definition) is 1. The van der Waals surface area contributed by atoms with Crippen molar-refractivity contribution >= 4 is 22.9 Å². The molecule has 1 aromatic rings. The first kappa shape index (κ1) is 11.0. The molecule has 1 rings (SSSR count). The molecule has 13 heavy (non-hydrogen) atoms. The summed E-state index contributed by atoms with van der Waals surface area (Å²) in [6.45, 7) is 3.92. The van der Waals surface area contributed by atoms with Gasteiger partial charge in [0.15, 0.2) is 0 Å². The van der Waals surface area contributed by atoms with E-state index >= 15 is 0 Å². The smallest absolute Gasteiger partial charge is 0.0794 e. The maximum absolute atomic E-state index is 6.05. The van der Waals surface area contributed by atoms with Crippen molar-refractivity contribution in [1.82, 2.24) is 10.3 Å². The Morgan fingerprint density at radius 3 is 3.15 bits per heavy atom. The number of rotatable bonds is 6. The Kier molecular flexibility index (Phi) is 5.35. The lowest BCUT2D eigenvalue weighted by molar-refractivity contribution is 0.626. The molecular weight excluding hydrogens is 204 g/mol. The van der Waals surface area contributed by atoms with Crippen molar-refractivity contribution in [1.29, 1.82) is 0 Å². The highest BCUT2D eigenvalue weighted by molar-refractivity contribution is 7.09. The second-order valence-corrected chi connectivity index (χ2v) is 4.57. The quantitative estimate of drug-likeness (QED) is 0.743. The van der Waals surface area contributed by atoms with E-state index in [0.717, 1.165) is 25.9 Å². The van der Waals surface area contributed by atoms with Crippen LogP contribution in [0.4, 0.5) is 0 Å². The summed E-state index contributed by atoms with van der Waals surface area (Å²) >= 11 is 7.72. The zero-order chi connectivity index (χ0) is 9.52. The fourth-order valence-electron chi connectivity index (χ4n) is 1.10. The van der Waals surface area contributed by atoms with E-state index in [4.69, 9.17) is 11.6 Å². The van der Waals surface area contributed by atoms with Crippen molar-refractivity contribution in [3.05, 3.63) is 16.6 Å². The lowest BCUT2D eigenvalue weighted by Gasteiger charge is -2.07. The van der Waals surface area contributed by atoms with Crippen LogP contribution in [0.2, 0.25) is 0 Å². The zero-order valence-electron chi connectivity index (χ0n) is 7.79. The van der Waals surface area contributed by atoms with Gasteiger partial charge in [-0.2, -0.15) is 0 Å². The molecular formula is C9H15ClN2S. The predicted octanol–water partition coefficient (Wildman–Crippen LogP) is 2.64. The van der Waals surface area contributed by atoms with E-state index in [2.05, 4.69) is 17.2 Å². The van der Waals surface area contributed by atoms with E-state index in [1.807, 2.05) is 11.7 Å². The summed E-state index contributed by atoms with van der Waals surface area (Å²) in [4.78, 5) is 5.27. The molecule has 1 heterocycles. The molecule has 74 valence electrons. The van der Waals surface area contributed by atoms with Crippen molar-refractivity contribution in [2.24, 2.45) is 0 Å². The van der Waals surface area contributed by atoms with Crippen LogP contribution in [-0.2, 0) is 6.54 Å². The number of nitrogens with one attached hydrogen (secondary N) is 1. The first-order valence-electron chi connectivity index (χ1n) is 4.55. The average Bonchev–Trinajstić information content (AvgIpc) is 2.57. The summed E-state index contributed by atoms with van der Waals surface area (Å²) < 4.78 is 0. The SMILES string of the molecule is CCCC(Cl)CNCc1cncs1. The molecule has 0 saturated heterocycles. The van der Waals surface area contributed by atoms with Crippen molar-refractivity contribution in [2.45, 2.75) is 31.7 Å². The van der Waals surface area contributed by atoms with Gasteiger partial charge in [-0.05, 0) is 6.42 Å². The molecule has 0 fully saturated rings. The van der Waals surface area contributed by atoms with Crippen LogP contribution in [0.15, 0.2) is 11.7 Å². The van der Waals surface area contributed by atoms with Gasteiger partial charge in [0.2, 0.25) is 0 Å². The topological polar surface area (TPSA) is 24.9 Å². The van der Waals surface area contributed by atoms with Gasteiger partial charge in [0.1, 0.15) is 0 Å². The molecule has 0 bridgehead atoms. The first-order valence-corrected chi connectivity index (χ1v) is 5.86. The van der Waals surface area contributed by atoms with Gasteiger partial charge in [-0.3, -0.25) is 4.98 Å². The summed E-state index contributed by atoms with van der Waals surface area (Å²) in [6, 6.07) is 0. The molecule has 1 unspecified atom stereocenters. The number of hydrogen-bond acceptors (Lipinski definition) is 3. The van der Waals surface area contributed by atoms with Gasteiger partial charge in [-0.25, -0.2) is 0 Å². The minimum absolute atomic E-state index is 0.262. The van der Waals surface area contributed by atoms with E-state index in [9.17, 15) is 0 Å². The van der Waals surface area contributed by atoms with Crippen LogP contribution in [0, 0.1) is 0 Å². The van der Waals surface area contributed by atoms with Gasteiger partial charge in [0, 0.05) is 29.5 Å². The van der Waals surface area contributed by atoms with Gasteiger partial charge in [-0.15, -0.1) is 22.9 Å². The van der Waals surface area contributed by atoms with Gasteiger partial charge >= 0.3 is 0 Å². The van der Waals surface area contributed by atoms with Crippen LogP contribution in [0.5, 0.6) is 0 Å². The fourth-order valence-corrected chi connectivity index (χ4v) is 1.99. The number of alkyl halides is 1. The molecule has 0 aromatic carbocycles.